The molecule has 0 unspecified atom stereocenters. The Morgan fingerprint density at radius 1 is 1.16 bits per heavy atom. The van der Waals surface area contributed by atoms with Gasteiger partial charge in [-0.05, 0) is 52.2 Å². The zero-order valence-electron chi connectivity index (χ0n) is 18.8. The number of likely N-dealkylation sites (tertiary alicyclic amines) is 1. The molecule has 3 heterocycles. The number of rotatable bonds is 4. The number of piperidine rings is 1. The predicted molar refractivity (Wildman–Crippen MR) is 127 cm³/mol. The Balaban J connectivity index is 1.36. The highest BCUT2D eigenvalue weighted by molar-refractivity contribution is 7.10. The summed E-state index contributed by atoms with van der Waals surface area (Å²) in [5.74, 6) is 0.0524. The van der Waals surface area contributed by atoms with Gasteiger partial charge in [0.05, 0.1) is 16.4 Å². The number of para-hydroxylation sites is 2. The summed E-state index contributed by atoms with van der Waals surface area (Å²) in [6.45, 7) is 7.81. The van der Waals surface area contributed by atoms with Gasteiger partial charge in [0, 0.05) is 37.1 Å². The number of benzene rings is 1. The van der Waals surface area contributed by atoms with Crippen molar-refractivity contribution in [3.05, 3.63) is 52.6 Å². The number of thiazole rings is 1. The molecule has 170 valence electrons. The second-order valence-corrected chi connectivity index (χ2v) is 10.0. The number of carbonyl (C=O) groups excluding carboxylic acids is 2. The Labute approximate surface area is 193 Å². The third kappa shape index (κ3) is 5.30. The molecule has 0 saturated carbocycles. The van der Waals surface area contributed by atoms with Gasteiger partial charge in [-0.15, -0.1) is 11.3 Å². The summed E-state index contributed by atoms with van der Waals surface area (Å²) in [5, 5.41) is 5.80. The van der Waals surface area contributed by atoms with Crippen LogP contribution in [0.3, 0.4) is 0 Å². The van der Waals surface area contributed by atoms with Gasteiger partial charge >= 0.3 is 6.09 Å². The van der Waals surface area contributed by atoms with Crippen LogP contribution < -0.4 is 10.2 Å². The fourth-order valence-corrected chi connectivity index (χ4v) is 4.89. The molecule has 2 amide bonds. The highest BCUT2D eigenvalue weighted by Crippen LogP contribution is 2.32. The van der Waals surface area contributed by atoms with Crippen LogP contribution in [0.5, 0.6) is 0 Å². The highest BCUT2D eigenvalue weighted by atomic mass is 32.1. The molecule has 0 aliphatic carbocycles. The lowest BCUT2D eigenvalue weighted by Gasteiger charge is -2.32. The quantitative estimate of drug-likeness (QED) is 0.684. The van der Waals surface area contributed by atoms with E-state index in [1.165, 1.54) is 11.3 Å². The molecule has 1 fully saturated rings. The minimum atomic E-state index is -0.491. The molecule has 2 aliphatic heterocycles. The number of amides is 2. The molecule has 1 saturated heterocycles. The Morgan fingerprint density at radius 2 is 1.91 bits per heavy atom. The van der Waals surface area contributed by atoms with Gasteiger partial charge in [0.25, 0.3) is 5.91 Å². The summed E-state index contributed by atoms with van der Waals surface area (Å²) >= 11 is 1.52. The van der Waals surface area contributed by atoms with E-state index in [0.29, 0.717) is 18.8 Å². The molecule has 0 spiro atoms. The molecular formula is C24H30N4O3S. The predicted octanol–water partition coefficient (Wildman–Crippen LogP) is 5.23. The van der Waals surface area contributed by atoms with Crippen molar-refractivity contribution in [1.29, 1.82) is 0 Å². The molecule has 7 nitrogen and oxygen atoms in total. The average molecular weight is 455 g/mol. The Morgan fingerprint density at radius 3 is 2.59 bits per heavy atom. The highest BCUT2D eigenvalue weighted by Gasteiger charge is 2.29. The Hall–Kier alpha value is -2.87. The molecule has 1 aromatic carbocycles. The summed E-state index contributed by atoms with van der Waals surface area (Å²) in [4.78, 5) is 33.7. The first-order chi connectivity index (χ1) is 15.3. The summed E-state index contributed by atoms with van der Waals surface area (Å²) < 4.78 is 5.47. The van der Waals surface area contributed by atoms with Gasteiger partial charge in [0.2, 0.25) is 0 Å². The Kier molecular flexibility index (Phi) is 6.50. The van der Waals surface area contributed by atoms with Crippen molar-refractivity contribution in [3.8, 4) is 0 Å². The van der Waals surface area contributed by atoms with E-state index in [0.717, 1.165) is 42.2 Å². The second kappa shape index (κ2) is 9.32. The van der Waals surface area contributed by atoms with Crippen LogP contribution in [0.2, 0.25) is 0 Å². The zero-order chi connectivity index (χ0) is 22.7. The van der Waals surface area contributed by atoms with Gasteiger partial charge in [-0.1, -0.05) is 18.2 Å². The van der Waals surface area contributed by atoms with Crippen molar-refractivity contribution >= 4 is 34.7 Å². The Bertz CT molecular complexity index is 1000. The van der Waals surface area contributed by atoms with E-state index in [9.17, 15) is 9.59 Å². The normalized spacial score (nSPS) is 17.0. The molecule has 0 radical (unpaired) electrons. The zero-order valence-corrected chi connectivity index (χ0v) is 19.7. The van der Waals surface area contributed by atoms with Crippen molar-refractivity contribution in [2.45, 2.75) is 51.6 Å². The van der Waals surface area contributed by atoms with Crippen LogP contribution >= 0.6 is 11.3 Å². The molecule has 0 atom stereocenters. The maximum atomic E-state index is 12.9. The maximum Gasteiger partial charge on any atom is 0.410 e. The van der Waals surface area contributed by atoms with Crippen LogP contribution in [-0.4, -0.2) is 47.1 Å². The van der Waals surface area contributed by atoms with Crippen molar-refractivity contribution in [1.82, 2.24) is 9.88 Å². The van der Waals surface area contributed by atoms with Gasteiger partial charge in [0.15, 0.2) is 0 Å². The lowest BCUT2D eigenvalue weighted by molar-refractivity contribution is 0.0205. The van der Waals surface area contributed by atoms with Crippen LogP contribution in [0.15, 0.2) is 41.9 Å². The number of hydrogen-bond donors (Lipinski definition) is 1. The molecule has 2 aliphatic rings. The first-order valence-electron chi connectivity index (χ1n) is 11.1. The third-order valence-corrected chi connectivity index (χ3v) is 6.54. The van der Waals surface area contributed by atoms with Gasteiger partial charge in [0.1, 0.15) is 11.3 Å². The minimum Gasteiger partial charge on any atom is -0.444 e. The van der Waals surface area contributed by atoms with E-state index in [-0.39, 0.29) is 17.9 Å². The van der Waals surface area contributed by atoms with Gasteiger partial charge in [-0.25, -0.2) is 9.78 Å². The number of nitrogens with zero attached hydrogens (tertiary/aromatic N) is 3. The lowest BCUT2D eigenvalue weighted by atomic mass is 9.98. The fourth-order valence-electron chi connectivity index (χ4n) is 3.92. The second-order valence-electron chi connectivity index (χ2n) is 9.15. The van der Waals surface area contributed by atoms with E-state index < -0.39 is 5.60 Å². The average Bonchev–Trinajstić information content (AvgIpc) is 3.46. The molecule has 0 bridgehead atoms. The van der Waals surface area contributed by atoms with E-state index in [4.69, 9.17) is 4.74 Å². The molecule has 1 N–H and O–H groups in total. The number of ether oxygens (including phenoxy) is 1. The topological polar surface area (TPSA) is 74.8 Å². The number of nitrogens with one attached hydrogen (secondary N) is 1. The number of hydrogen-bond acceptors (Lipinski definition) is 6. The summed E-state index contributed by atoms with van der Waals surface area (Å²) in [7, 11) is 0. The van der Waals surface area contributed by atoms with E-state index >= 15 is 0 Å². The van der Waals surface area contributed by atoms with Gasteiger partial charge in [-0.2, -0.15) is 0 Å². The third-order valence-electron chi connectivity index (χ3n) is 5.53. The number of anilines is 2. The summed E-state index contributed by atoms with van der Waals surface area (Å²) in [6.07, 6.45) is 6.55. The van der Waals surface area contributed by atoms with Crippen LogP contribution in [0.1, 0.15) is 61.4 Å². The van der Waals surface area contributed by atoms with E-state index in [1.54, 1.807) is 4.90 Å². The SMILES string of the molecule is CC(C)(C)OC(=O)N1CCC(c2nc(C(=O)Nc3ccccc3N3C=CCC3)cs2)CC1. The van der Waals surface area contributed by atoms with E-state index in [2.05, 4.69) is 27.5 Å². The fraction of sp³-hybridized carbons (Fsp3) is 0.458. The van der Waals surface area contributed by atoms with Gasteiger partial charge < -0.3 is 19.9 Å². The first kappa shape index (κ1) is 22.3. The van der Waals surface area contributed by atoms with Crippen LogP contribution in [0, 0.1) is 0 Å². The summed E-state index contributed by atoms with van der Waals surface area (Å²) in [5.41, 5.74) is 1.71. The largest absolute Gasteiger partial charge is 0.444 e. The number of carbonyl (C=O) groups is 2. The molecule has 1 aromatic heterocycles. The van der Waals surface area contributed by atoms with Crippen LogP contribution in [0.4, 0.5) is 16.2 Å². The first-order valence-corrected chi connectivity index (χ1v) is 12.0. The molecular weight excluding hydrogens is 424 g/mol. The lowest BCUT2D eigenvalue weighted by Crippen LogP contribution is -2.41. The summed E-state index contributed by atoms with van der Waals surface area (Å²) in [6, 6.07) is 7.82. The van der Waals surface area contributed by atoms with Crippen LogP contribution in [-0.2, 0) is 4.74 Å². The van der Waals surface area contributed by atoms with Crippen molar-refractivity contribution in [2.24, 2.45) is 0 Å². The van der Waals surface area contributed by atoms with Crippen LogP contribution in [0.25, 0.3) is 0 Å². The van der Waals surface area contributed by atoms with Crippen molar-refractivity contribution in [2.75, 3.05) is 29.9 Å². The van der Waals surface area contributed by atoms with Crippen molar-refractivity contribution in [3.63, 3.8) is 0 Å². The molecule has 32 heavy (non-hydrogen) atoms. The smallest absolute Gasteiger partial charge is 0.410 e. The molecule has 2 aromatic rings. The van der Waals surface area contributed by atoms with Gasteiger partial charge in [-0.3, -0.25) is 4.79 Å². The van der Waals surface area contributed by atoms with E-state index in [1.807, 2.05) is 50.4 Å². The molecule has 8 heteroatoms. The standard InChI is InChI=1S/C24H30N4O3S/c1-24(2,3)31-23(30)28-14-10-17(11-15-28)22-26-19(16-32-22)21(29)25-18-8-4-5-9-20(18)27-12-6-7-13-27/h4-6,8-9,12,16-17H,7,10-11,13-15H2,1-3H3,(H,25,29). The maximum absolute atomic E-state index is 12.9. The molecule has 4 rings (SSSR count). The monoisotopic (exact) mass is 454 g/mol. The number of aromatic nitrogens is 1. The minimum absolute atomic E-state index is 0.200. The van der Waals surface area contributed by atoms with Crippen molar-refractivity contribution < 1.29 is 14.3 Å².